The summed E-state index contributed by atoms with van der Waals surface area (Å²) in [5.41, 5.74) is 4.43. The van der Waals surface area contributed by atoms with Crippen molar-refractivity contribution in [2.24, 2.45) is 5.41 Å². The van der Waals surface area contributed by atoms with Gasteiger partial charge in [-0.15, -0.1) is 0 Å². The van der Waals surface area contributed by atoms with Crippen molar-refractivity contribution in [1.82, 2.24) is 0 Å². The SMILES string of the molecule is COc1cc2c3c(c4cc(OC)c(OC)cc4c2cc1OC)C(c1ccc2c(c1)OCO2)C1=C(CC(C)(C)CC1=O)N3. The van der Waals surface area contributed by atoms with E-state index in [9.17, 15) is 4.79 Å². The third-order valence-corrected chi connectivity index (χ3v) is 8.67. The van der Waals surface area contributed by atoms with E-state index < -0.39 is 0 Å². The van der Waals surface area contributed by atoms with Gasteiger partial charge in [0.15, 0.2) is 40.3 Å². The van der Waals surface area contributed by atoms with Crippen LogP contribution in [0, 0.1) is 5.41 Å². The van der Waals surface area contributed by atoms with E-state index in [0.717, 1.165) is 56.1 Å². The smallest absolute Gasteiger partial charge is 0.231 e. The molecule has 8 nitrogen and oxygen atoms in total. The van der Waals surface area contributed by atoms with Crippen LogP contribution in [0.25, 0.3) is 21.5 Å². The number of hydrogen-bond donors (Lipinski definition) is 1. The zero-order chi connectivity index (χ0) is 29.3. The first-order chi connectivity index (χ1) is 20.3. The molecule has 0 aromatic heterocycles. The lowest BCUT2D eigenvalue weighted by Crippen LogP contribution is -2.34. The molecule has 2 aliphatic heterocycles. The molecule has 1 unspecified atom stereocenters. The van der Waals surface area contributed by atoms with Crippen LogP contribution in [0.15, 0.2) is 53.7 Å². The van der Waals surface area contributed by atoms with Crippen molar-refractivity contribution in [3.8, 4) is 34.5 Å². The Labute approximate surface area is 244 Å². The molecule has 42 heavy (non-hydrogen) atoms. The van der Waals surface area contributed by atoms with E-state index in [2.05, 4.69) is 19.2 Å². The molecule has 3 aliphatic rings. The summed E-state index contributed by atoms with van der Waals surface area (Å²) in [6.45, 7) is 4.46. The highest BCUT2D eigenvalue weighted by Crippen LogP contribution is 2.56. The first-order valence-electron chi connectivity index (χ1n) is 14.0. The van der Waals surface area contributed by atoms with Crippen molar-refractivity contribution in [2.45, 2.75) is 32.6 Å². The highest BCUT2D eigenvalue weighted by Gasteiger charge is 2.42. The molecule has 7 rings (SSSR count). The molecule has 0 amide bonds. The molecule has 4 aromatic rings. The fraction of sp³-hybridized carbons (Fsp3) is 0.324. The zero-order valence-corrected chi connectivity index (χ0v) is 24.6. The molecule has 216 valence electrons. The number of benzene rings is 4. The largest absolute Gasteiger partial charge is 0.493 e. The lowest BCUT2D eigenvalue weighted by Gasteiger charge is -2.40. The van der Waals surface area contributed by atoms with Crippen molar-refractivity contribution in [3.05, 3.63) is 64.9 Å². The Kier molecular flexibility index (Phi) is 5.94. The van der Waals surface area contributed by atoms with Crippen LogP contribution in [0.1, 0.15) is 43.7 Å². The fourth-order valence-corrected chi connectivity index (χ4v) is 6.85. The van der Waals surface area contributed by atoms with Gasteiger partial charge in [-0.05, 0) is 75.5 Å². The second-order valence-electron chi connectivity index (χ2n) is 11.8. The highest BCUT2D eigenvalue weighted by molar-refractivity contribution is 6.19. The summed E-state index contributed by atoms with van der Waals surface area (Å²) in [4.78, 5) is 14.0. The Hall–Kier alpha value is -4.59. The van der Waals surface area contributed by atoms with Gasteiger partial charge in [0, 0.05) is 29.0 Å². The van der Waals surface area contributed by atoms with Crippen LogP contribution in [0.3, 0.4) is 0 Å². The van der Waals surface area contributed by atoms with E-state index >= 15 is 0 Å². The minimum Gasteiger partial charge on any atom is -0.493 e. The Morgan fingerprint density at radius 2 is 1.31 bits per heavy atom. The first-order valence-corrected chi connectivity index (χ1v) is 14.0. The predicted molar refractivity (Wildman–Crippen MR) is 161 cm³/mol. The maximum atomic E-state index is 14.0. The third kappa shape index (κ3) is 3.85. The van der Waals surface area contributed by atoms with Gasteiger partial charge in [-0.1, -0.05) is 19.9 Å². The van der Waals surface area contributed by atoms with E-state index in [-0.39, 0.29) is 23.9 Å². The quantitative estimate of drug-likeness (QED) is 0.259. The average molecular weight is 568 g/mol. The summed E-state index contributed by atoms with van der Waals surface area (Å²) >= 11 is 0. The fourth-order valence-electron chi connectivity index (χ4n) is 6.85. The minimum atomic E-state index is -0.354. The minimum absolute atomic E-state index is 0.142. The Bertz CT molecular complexity index is 1840. The molecule has 0 saturated carbocycles. The lowest BCUT2D eigenvalue weighted by atomic mass is 9.67. The molecular weight excluding hydrogens is 534 g/mol. The van der Waals surface area contributed by atoms with E-state index in [0.29, 0.717) is 40.9 Å². The number of ether oxygens (including phenoxy) is 6. The van der Waals surface area contributed by atoms with Crippen molar-refractivity contribution in [2.75, 3.05) is 40.5 Å². The average Bonchev–Trinajstić information content (AvgIpc) is 3.46. The standard InChI is InChI=1S/C34H33NO7/c1-34(2)14-22-32(23(36)15-34)30(17-7-8-24-29(9-17)42-16-41-24)31-20-12-27(39-5)25(37-3)10-18(20)19-11-26(38-4)28(40-6)13-21(19)33(31)35-22/h7-13,30,35H,14-16H2,1-6H3. The normalized spacial score (nSPS) is 18.4. The summed E-state index contributed by atoms with van der Waals surface area (Å²) in [5.74, 6) is 3.62. The van der Waals surface area contributed by atoms with Gasteiger partial charge in [0.2, 0.25) is 6.79 Å². The molecule has 0 saturated heterocycles. The molecule has 0 fully saturated rings. The maximum Gasteiger partial charge on any atom is 0.231 e. The van der Waals surface area contributed by atoms with Crippen LogP contribution in [0.2, 0.25) is 0 Å². The van der Waals surface area contributed by atoms with Crippen molar-refractivity contribution < 1.29 is 33.2 Å². The number of nitrogens with one attached hydrogen (secondary N) is 1. The molecule has 1 aliphatic carbocycles. The van der Waals surface area contributed by atoms with Gasteiger partial charge in [0.05, 0.1) is 34.1 Å². The molecular formula is C34H33NO7. The second kappa shape index (κ2) is 9.48. The molecule has 1 atom stereocenters. The molecule has 4 aromatic carbocycles. The molecule has 0 bridgehead atoms. The van der Waals surface area contributed by atoms with E-state index in [1.165, 1.54) is 0 Å². The monoisotopic (exact) mass is 567 g/mol. The van der Waals surface area contributed by atoms with E-state index in [4.69, 9.17) is 28.4 Å². The second-order valence-corrected chi connectivity index (χ2v) is 11.8. The van der Waals surface area contributed by atoms with Gasteiger partial charge in [-0.3, -0.25) is 4.79 Å². The van der Waals surface area contributed by atoms with Crippen molar-refractivity contribution in [1.29, 1.82) is 0 Å². The van der Waals surface area contributed by atoms with Gasteiger partial charge in [-0.2, -0.15) is 0 Å². The van der Waals surface area contributed by atoms with Crippen LogP contribution >= 0.6 is 0 Å². The number of carbonyl (C=O) groups is 1. The summed E-state index contributed by atoms with van der Waals surface area (Å²) in [6.07, 6.45) is 1.21. The predicted octanol–water partition coefficient (Wildman–Crippen LogP) is 6.96. The number of allylic oxidation sites excluding steroid dienone is 2. The van der Waals surface area contributed by atoms with Crippen molar-refractivity contribution in [3.63, 3.8) is 0 Å². The number of methoxy groups -OCH3 is 4. The number of rotatable bonds is 5. The Morgan fingerprint density at radius 1 is 0.738 bits per heavy atom. The number of hydrogen-bond acceptors (Lipinski definition) is 8. The van der Waals surface area contributed by atoms with Gasteiger partial charge in [0.25, 0.3) is 0 Å². The molecule has 8 heteroatoms. The Morgan fingerprint density at radius 3 is 1.95 bits per heavy atom. The summed E-state index contributed by atoms with van der Waals surface area (Å²) in [6, 6.07) is 14.0. The first kappa shape index (κ1) is 26.3. The molecule has 0 spiro atoms. The highest BCUT2D eigenvalue weighted by atomic mass is 16.7. The van der Waals surface area contributed by atoms with Gasteiger partial charge in [0.1, 0.15) is 0 Å². The van der Waals surface area contributed by atoms with Crippen LogP contribution in [0.5, 0.6) is 34.5 Å². The van der Waals surface area contributed by atoms with Gasteiger partial charge < -0.3 is 33.7 Å². The zero-order valence-electron chi connectivity index (χ0n) is 24.6. The number of fused-ring (bicyclic) bond motifs is 7. The number of Topliss-reactive ketones (excluding diaryl/α,β-unsaturated/α-hetero) is 1. The van der Waals surface area contributed by atoms with E-state index in [1.54, 1.807) is 28.4 Å². The Balaban J connectivity index is 1.64. The third-order valence-electron chi connectivity index (χ3n) is 8.67. The maximum absolute atomic E-state index is 14.0. The van der Waals surface area contributed by atoms with Crippen LogP contribution in [0.4, 0.5) is 5.69 Å². The number of carbonyl (C=O) groups excluding carboxylic acids is 1. The molecule has 1 N–H and O–H groups in total. The van der Waals surface area contributed by atoms with Crippen LogP contribution in [-0.4, -0.2) is 41.0 Å². The summed E-state index contributed by atoms with van der Waals surface area (Å²) < 4.78 is 34.4. The molecule has 2 heterocycles. The topological polar surface area (TPSA) is 84.5 Å². The lowest BCUT2D eigenvalue weighted by molar-refractivity contribution is -0.118. The summed E-state index contributed by atoms with van der Waals surface area (Å²) in [5, 5.41) is 7.57. The van der Waals surface area contributed by atoms with Gasteiger partial charge in [-0.25, -0.2) is 0 Å². The number of ketones is 1. The van der Waals surface area contributed by atoms with Crippen molar-refractivity contribution >= 4 is 33.0 Å². The van der Waals surface area contributed by atoms with E-state index in [1.807, 2.05) is 42.5 Å². The number of anilines is 1. The molecule has 0 radical (unpaired) electrons. The van der Waals surface area contributed by atoms with Gasteiger partial charge >= 0.3 is 0 Å². The van der Waals surface area contributed by atoms with Crippen LogP contribution < -0.4 is 33.7 Å². The summed E-state index contributed by atoms with van der Waals surface area (Å²) in [7, 11) is 6.53. The van der Waals surface area contributed by atoms with Crippen LogP contribution in [-0.2, 0) is 4.79 Å².